The van der Waals surface area contributed by atoms with Gasteiger partial charge in [0.15, 0.2) is 0 Å². The molecule has 0 bridgehead atoms. The van der Waals surface area contributed by atoms with Gasteiger partial charge < -0.3 is 0 Å². The van der Waals surface area contributed by atoms with Gasteiger partial charge >= 0.3 is 0 Å². The fourth-order valence-electron chi connectivity index (χ4n) is 1.42. The van der Waals surface area contributed by atoms with E-state index in [0.29, 0.717) is 6.04 Å². The van der Waals surface area contributed by atoms with E-state index in [1.807, 2.05) is 6.92 Å². The van der Waals surface area contributed by atoms with E-state index in [1.165, 1.54) is 4.88 Å². The highest BCUT2D eigenvalue weighted by atomic mass is 32.1. The molecule has 0 fully saturated rings. The molecule has 0 amide bonds. The smallest absolute Gasteiger partial charge is 0.0954 e. The summed E-state index contributed by atoms with van der Waals surface area (Å²) < 4.78 is 0. The summed E-state index contributed by atoms with van der Waals surface area (Å²) in [7, 11) is 0. The van der Waals surface area contributed by atoms with Gasteiger partial charge in [-0.15, -0.1) is 11.3 Å². The number of nitriles is 1. The van der Waals surface area contributed by atoms with Crippen molar-refractivity contribution in [1.82, 2.24) is 4.90 Å². The van der Waals surface area contributed by atoms with Crippen LogP contribution in [-0.2, 0) is 6.54 Å². The van der Waals surface area contributed by atoms with Crippen LogP contribution in [0.1, 0.15) is 25.6 Å². The Morgan fingerprint density at radius 2 is 2.21 bits per heavy atom. The molecule has 0 saturated heterocycles. The van der Waals surface area contributed by atoms with Crippen molar-refractivity contribution in [2.75, 3.05) is 0 Å². The molecule has 1 aromatic rings. The topological polar surface area (TPSA) is 27.0 Å². The maximum atomic E-state index is 8.89. The molecule has 0 aliphatic heterocycles. The molecule has 1 rings (SSSR count). The zero-order valence-electron chi connectivity index (χ0n) is 8.90. The Morgan fingerprint density at radius 1 is 1.50 bits per heavy atom. The quantitative estimate of drug-likeness (QED) is 0.760. The fraction of sp³-hybridized carbons (Fsp3) is 0.545. The van der Waals surface area contributed by atoms with Gasteiger partial charge in [0.1, 0.15) is 0 Å². The van der Waals surface area contributed by atoms with Crippen molar-refractivity contribution in [1.29, 1.82) is 5.26 Å². The molecule has 0 aromatic carbocycles. The number of hydrogen-bond donors (Lipinski definition) is 0. The molecule has 0 N–H and O–H groups in total. The third-order valence-electron chi connectivity index (χ3n) is 2.27. The molecule has 1 unspecified atom stereocenters. The molecular formula is C11H16N2S. The third kappa shape index (κ3) is 2.83. The molecule has 1 aromatic heterocycles. The standard InChI is InChI=1S/C11H16N2S/c1-9(2)13(10(3)7-12)8-11-5-4-6-14-11/h4-6,9-10H,8H2,1-3H3. The maximum absolute atomic E-state index is 8.89. The van der Waals surface area contributed by atoms with Crippen molar-refractivity contribution in [3.8, 4) is 6.07 Å². The Morgan fingerprint density at radius 3 is 2.64 bits per heavy atom. The van der Waals surface area contributed by atoms with E-state index >= 15 is 0 Å². The summed E-state index contributed by atoms with van der Waals surface area (Å²) in [6, 6.07) is 6.85. The lowest BCUT2D eigenvalue weighted by molar-refractivity contribution is 0.188. The van der Waals surface area contributed by atoms with Crippen LogP contribution >= 0.6 is 11.3 Å². The zero-order valence-corrected chi connectivity index (χ0v) is 9.71. The predicted octanol–water partition coefficient (Wildman–Crippen LogP) is 2.87. The molecule has 1 atom stereocenters. The van der Waals surface area contributed by atoms with Gasteiger partial charge in [-0.1, -0.05) is 6.07 Å². The number of rotatable bonds is 4. The van der Waals surface area contributed by atoms with E-state index in [2.05, 4.69) is 42.3 Å². The van der Waals surface area contributed by atoms with Crippen LogP contribution in [0.4, 0.5) is 0 Å². The van der Waals surface area contributed by atoms with Gasteiger partial charge in [-0.2, -0.15) is 5.26 Å². The molecule has 76 valence electrons. The van der Waals surface area contributed by atoms with Crippen LogP contribution in [0.2, 0.25) is 0 Å². The molecule has 0 saturated carbocycles. The van der Waals surface area contributed by atoms with Crippen molar-refractivity contribution in [2.24, 2.45) is 0 Å². The largest absolute Gasteiger partial charge is 0.281 e. The Balaban J connectivity index is 2.66. The van der Waals surface area contributed by atoms with E-state index in [0.717, 1.165) is 6.54 Å². The van der Waals surface area contributed by atoms with Crippen LogP contribution in [0, 0.1) is 11.3 Å². The van der Waals surface area contributed by atoms with Crippen LogP contribution in [0.25, 0.3) is 0 Å². The molecule has 0 aliphatic carbocycles. The summed E-state index contributed by atoms with van der Waals surface area (Å²) in [6.45, 7) is 7.08. The first-order chi connectivity index (χ1) is 6.65. The average Bonchev–Trinajstić information content (AvgIpc) is 2.65. The second-order valence-electron chi connectivity index (χ2n) is 3.65. The van der Waals surface area contributed by atoms with E-state index in [9.17, 15) is 0 Å². The molecule has 0 spiro atoms. The molecule has 0 radical (unpaired) electrons. The van der Waals surface area contributed by atoms with Gasteiger partial charge in [0.05, 0.1) is 12.1 Å². The van der Waals surface area contributed by atoms with Crippen molar-refractivity contribution in [2.45, 2.75) is 39.4 Å². The highest BCUT2D eigenvalue weighted by molar-refractivity contribution is 7.09. The first-order valence-corrected chi connectivity index (χ1v) is 5.71. The minimum Gasteiger partial charge on any atom is -0.281 e. The lowest BCUT2D eigenvalue weighted by Gasteiger charge is -2.27. The van der Waals surface area contributed by atoms with E-state index in [-0.39, 0.29) is 6.04 Å². The first kappa shape index (κ1) is 11.2. The first-order valence-electron chi connectivity index (χ1n) is 4.83. The Hall–Kier alpha value is -0.850. The van der Waals surface area contributed by atoms with Gasteiger partial charge in [0.25, 0.3) is 0 Å². The highest BCUT2D eigenvalue weighted by Crippen LogP contribution is 2.15. The van der Waals surface area contributed by atoms with Crippen LogP contribution < -0.4 is 0 Å². The second kappa shape index (κ2) is 5.14. The molecule has 3 heteroatoms. The lowest BCUT2D eigenvalue weighted by atomic mass is 10.2. The predicted molar refractivity (Wildman–Crippen MR) is 60.1 cm³/mol. The van der Waals surface area contributed by atoms with Crippen molar-refractivity contribution in [3.63, 3.8) is 0 Å². The molecule has 0 aliphatic rings. The average molecular weight is 208 g/mol. The minimum atomic E-state index is -0.0166. The summed E-state index contributed by atoms with van der Waals surface area (Å²) in [4.78, 5) is 3.52. The number of hydrogen-bond acceptors (Lipinski definition) is 3. The van der Waals surface area contributed by atoms with Crippen LogP contribution in [0.3, 0.4) is 0 Å². The van der Waals surface area contributed by atoms with Gasteiger partial charge in [-0.3, -0.25) is 4.90 Å². The molecular weight excluding hydrogens is 192 g/mol. The summed E-state index contributed by atoms with van der Waals surface area (Å²) in [6.07, 6.45) is 0. The van der Waals surface area contributed by atoms with Crippen LogP contribution in [0.15, 0.2) is 17.5 Å². The van der Waals surface area contributed by atoms with E-state index in [4.69, 9.17) is 5.26 Å². The highest BCUT2D eigenvalue weighted by Gasteiger charge is 2.16. The fourth-order valence-corrected chi connectivity index (χ4v) is 2.14. The summed E-state index contributed by atoms with van der Waals surface area (Å²) in [5, 5.41) is 11.0. The lowest BCUT2D eigenvalue weighted by Crippen LogP contribution is -2.36. The van der Waals surface area contributed by atoms with Crippen molar-refractivity contribution >= 4 is 11.3 Å². The Kier molecular flexibility index (Phi) is 4.12. The Bertz CT molecular complexity index is 298. The zero-order chi connectivity index (χ0) is 10.6. The normalized spacial score (nSPS) is 13.1. The number of thiophene rings is 1. The molecule has 14 heavy (non-hydrogen) atoms. The van der Waals surface area contributed by atoms with Gasteiger partial charge in [0.2, 0.25) is 0 Å². The van der Waals surface area contributed by atoms with Crippen molar-refractivity contribution in [3.05, 3.63) is 22.4 Å². The van der Waals surface area contributed by atoms with Gasteiger partial charge in [0, 0.05) is 17.5 Å². The summed E-state index contributed by atoms with van der Waals surface area (Å²) in [5.41, 5.74) is 0. The molecule has 2 nitrogen and oxygen atoms in total. The van der Waals surface area contributed by atoms with Gasteiger partial charge in [-0.25, -0.2) is 0 Å². The van der Waals surface area contributed by atoms with E-state index < -0.39 is 0 Å². The second-order valence-corrected chi connectivity index (χ2v) is 4.68. The minimum absolute atomic E-state index is 0.0166. The Labute approximate surface area is 89.8 Å². The van der Waals surface area contributed by atoms with E-state index in [1.54, 1.807) is 11.3 Å². The summed E-state index contributed by atoms with van der Waals surface area (Å²) in [5.74, 6) is 0. The number of nitrogens with zero attached hydrogens (tertiary/aromatic N) is 2. The van der Waals surface area contributed by atoms with Crippen molar-refractivity contribution < 1.29 is 0 Å². The van der Waals surface area contributed by atoms with Gasteiger partial charge in [-0.05, 0) is 32.2 Å². The SMILES string of the molecule is CC(C)N(Cc1cccs1)C(C)C#N. The maximum Gasteiger partial charge on any atom is 0.0954 e. The summed E-state index contributed by atoms with van der Waals surface area (Å²) >= 11 is 1.75. The van der Waals surface area contributed by atoms with Crippen LogP contribution in [-0.4, -0.2) is 17.0 Å². The van der Waals surface area contributed by atoms with Crippen LogP contribution in [0.5, 0.6) is 0 Å². The third-order valence-corrected chi connectivity index (χ3v) is 3.13. The molecule has 1 heterocycles. The monoisotopic (exact) mass is 208 g/mol.